The van der Waals surface area contributed by atoms with Gasteiger partial charge in [-0.25, -0.2) is 9.78 Å². The van der Waals surface area contributed by atoms with Crippen molar-refractivity contribution < 1.29 is 14.3 Å². The van der Waals surface area contributed by atoms with E-state index < -0.39 is 17.7 Å². The molecule has 7 heteroatoms. The highest BCUT2D eigenvalue weighted by Gasteiger charge is 2.25. The molecular weight excluding hydrogens is 362 g/mol. The monoisotopic (exact) mass is 389 g/mol. The zero-order valence-corrected chi connectivity index (χ0v) is 17.2. The quantitative estimate of drug-likeness (QED) is 0.751. The number of hydrogen-bond donors (Lipinski definition) is 2. The largest absolute Gasteiger partial charge is 0.444 e. The molecule has 2 amide bonds. The second-order valence-electron chi connectivity index (χ2n) is 7.72. The van der Waals surface area contributed by atoms with Crippen LogP contribution in [0.15, 0.2) is 35.7 Å². The van der Waals surface area contributed by atoms with Gasteiger partial charge >= 0.3 is 6.09 Å². The maximum Gasteiger partial charge on any atom is 0.408 e. The number of hydrogen-bond acceptors (Lipinski definition) is 5. The fraction of sp³-hybridized carbons (Fsp3) is 0.450. The highest BCUT2D eigenvalue weighted by Crippen LogP contribution is 2.25. The molecule has 0 aliphatic rings. The van der Waals surface area contributed by atoms with Gasteiger partial charge in [-0.1, -0.05) is 44.2 Å². The number of carbonyl (C=O) groups excluding carboxylic acids is 2. The summed E-state index contributed by atoms with van der Waals surface area (Å²) >= 11 is 1.35. The molecule has 1 unspecified atom stereocenters. The van der Waals surface area contributed by atoms with Crippen LogP contribution in [0.4, 0.5) is 9.93 Å². The molecule has 6 nitrogen and oxygen atoms in total. The van der Waals surface area contributed by atoms with Gasteiger partial charge in [0.15, 0.2) is 5.13 Å². The first-order chi connectivity index (χ1) is 12.6. The highest BCUT2D eigenvalue weighted by molar-refractivity contribution is 7.14. The van der Waals surface area contributed by atoms with Gasteiger partial charge in [-0.15, -0.1) is 11.3 Å². The van der Waals surface area contributed by atoms with Crippen LogP contribution in [-0.4, -0.2) is 28.6 Å². The fourth-order valence-corrected chi connectivity index (χ4v) is 3.14. The van der Waals surface area contributed by atoms with E-state index in [9.17, 15) is 9.59 Å². The van der Waals surface area contributed by atoms with Crippen LogP contribution in [0.3, 0.4) is 0 Å². The molecule has 0 fully saturated rings. The minimum atomic E-state index is -0.691. The second kappa shape index (κ2) is 8.99. The number of amides is 2. The van der Waals surface area contributed by atoms with Gasteiger partial charge in [0.1, 0.15) is 11.6 Å². The molecule has 1 aromatic heterocycles. The summed E-state index contributed by atoms with van der Waals surface area (Å²) in [4.78, 5) is 29.2. The van der Waals surface area contributed by atoms with Crippen LogP contribution in [0.1, 0.15) is 41.0 Å². The number of nitrogens with one attached hydrogen (secondary N) is 2. The molecule has 146 valence electrons. The van der Waals surface area contributed by atoms with Crippen LogP contribution >= 0.6 is 11.3 Å². The van der Waals surface area contributed by atoms with Crippen LogP contribution in [0, 0.1) is 5.92 Å². The maximum atomic E-state index is 12.7. The van der Waals surface area contributed by atoms with E-state index in [2.05, 4.69) is 15.6 Å². The Balaban J connectivity index is 2.05. The third-order valence-corrected chi connectivity index (χ3v) is 4.28. The van der Waals surface area contributed by atoms with E-state index >= 15 is 0 Å². The van der Waals surface area contributed by atoms with Crippen molar-refractivity contribution in [3.05, 3.63) is 35.7 Å². The lowest BCUT2D eigenvalue weighted by atomic mass is 10.0. The first kappa shape index (κ1) is 20.9. The van der Waals surface area contributed by atoms with Gasteiger partial charge in [0.2, 0.25) is 5.91 Å². The standard InChI is InChI=1S/C20H27N3O3S/c1-13(2)11-15(22-19(25)26-20(3,4)5)17(24)23-18-21-16(12-27-18)14-9-7-6-8-10-14/h6-10,12-13,15H,11H2,1-5H3,(H,22,25)(H,21,23,24). The van der Waals surface area contributed by atoms with Crippen LogP contribution in [0.25, 0.3) is 11.3 Å². The van der Waals surface area contributed by atoms with Crippen molar-refractivity contribution in [3.63, 3.8) is 0 Å². The number of alkyl carbamates (subject to hydrolysis) is 1. The summed E-state index contributed by atoms with van der Waals surface area (Å²) in [6.07, 6.45) is -0.102. The molecule has 0 aliphatic heterocycles. The van der Waals surface area contributed by atoms with Crippen molar-refractivity contribution >= 4 is 28.5 Å². The second-order valence-corrected chi connectivity index (χ2v) is 8.58. The first-order valence-electron chi connectivity index (χ1n) is 8.95. The number of thiazole rings is 1. The summed E-state index contributed by atoms with van der Waals surface area (Å²) in [7, 11) is 0. The molecule has 0 saturated carbocycles. The van der Waals surface area contributed by atoms with Crippen molar-refractivity contribution in [3.8, 4) is 11.3 Å². The minimum absolute atomic E-state index is 0.229. The number of benzene rings is 1. The average Bonchev–Trinajstić information content (AvgIpc) is 3.01. The molecule has 0 bridgehead atoms. The zero-order chi connectivity index (χ0) is 20.0. The van der Waals surface area contributed by atoms with E-state index in [0.717, 1.165) is 11.3 Å². The van der Waals surface area contributed by atoms with Crippen molar-refractivity contribution in [1.82, 2.24) is 10.3 Å². The molecule has 2 aromatic rings. The number of anilines is 1. The molecule has 0 spiro atoms. The van der Waals surface area contributed by atoms with E-state index in [4.69, 9.17) is 4.74 Å². The molecule has 1 atom stereocenters. The van der Waals surface area contributed by atoms with Crippen LogP contribution < -0.4 is 10.6 Å². The lowest BCUT2D eigenvalue weighted by Gasteiger charge is -2.23. The first-order valence-corrected chi connectivity index (χ1v) is 9.83. The number of rotatable bonds is 6. The molecule has 0 radical (unpaired) electrons. The van der Waals surface area contributed by atoms with Gasteiger partial charge < -0.3 is 15.4 Å². The topological polar surface area (TPSA) is 80.3 Å². The summed E-state index contributed by atoms with van der Waals surface area (Å²) in [6.45, 7) is 9.34. The summed E-state index contributed by atoms with van der Waals surface area (Å²) in [6, 6.07) is 9.06. The zero-order valence-electron chi connectivity index (χ0n) is 16.4. The summed E-state index contributed by atoms with van der Waals surface area (Å²) in [5.41, 5.74) is 1.17. The molecule has 0 aliphatic carbocycles. The van der Waals surface area contributed by atoms with Gasteiger partial charge in [-0.05, 0) is 33.1 Å². The Morgan fingerprint density at radius 2 is 1.85 bits per heavy atom. The van der Waals surface area contributed by atoms with E-state index in [1.165, 1.54) is 11.3 Å². The smallest absolute Gasteiger partial charge is 0.408 e. The van der Waals surface area contributed by atoms with Crippen molar-refractivity contribution in [2.24, 2.45) is 5.92 Å². The third kappa shape index (κ3) is 7.02. The molecule has 2 N–H and O–H groups in total. The summed E-state index contributed by atoms with van der Waals surface area (Å²) < 4.78 is 5.27. The SMILES string of the molecule is CC(C)CC(NC(=O)OC(C)(C)C)C(=O)Nc1nc(-c2ccccc2)cs1. The Morgan fingerprint density at radius 3 is 2.44 bits per heavy atom. The van der Waals surface area contributed by atoms with E-state index in [1.54, 1.807) is 20.8 Å². The Hall–Kier alpha value is -2.41. The molecule has 2 rings (SSSR count). The number of carbonyl (C=O) groups is 2. The molecular formula is C20H27N3O3S. The van der Waals surface area contributed by atoms with Crippen LogP contribution in [0.2, 0.25) is 0 Å². The lowest BCUT2D eigenvalue weighted by Crippen LogP contribution is -2.46. The molecule has 1 heterocycles. The van der Waals surface area contributed by atoms with Gasteiger partial charge in [-0.3, -0.25) is 4.79 Å². The van der Waals surface area contributed by atoms with Gasteiger partial charge in [0, 0.05) is 10.9 Å². The van der Waals surface area contributed by atoms with Gasteiger partial charge in [0.05, 0.1) is 5.69 Å². The van der Waals surface area contributed by atoms with Crippen LogP contribution in [-0.2, 0) is 9.53 Å². The third-order valence-electron chi connectivity index (χ3n) is 3.52. The fourth-order valence-electron chi connectivity index (χ4n) is 2.42. The van der Waals surface area contributed by atoms with Crippen molar-refractivity contribution in [2.45, 2.75) is 52.7 Å². The van der Waals surface area contributed by atoms with Crippen molar-refractivity contribution in [1.29, 1.82) is 0 Å². The number of ether oxygens (including phenoxy) is 1. The Bertz CT molecular complexity index is 766. The van der Waals surface area contributed by atoms with E-state index in [0.29, 0.717) is 11.6 Å². The summed E-state index contributed by atoms with van der Waals surface area (Å²) in [5.74, 6) is -0.0737. The van der Waals surface area contributed by atoms with Crippen molar-refractivity contribution in [2.75, 3.05) is 5.32 Å². The molecule has 0 saturated heterocycles. The summed E-state index contributed by atoms with van der Waals surface area (Å²) in [5, 5.41) is 7.86. The van der Waals surface area contributed by atoms with Gasteiger partial charge in [-0.2, -0.15) is 0 Å². The molecule has 27 heavy (non-hydrogen) atoms. The van der Waals surface area contributed by atoms with Crippen LogP contribution in [0.5, 0.6) is 0 Å². The number of aromatic nitrogens is 1. The Morgan fingerprint density at radius 1 is 1.19 bits per heavy atom. The Kier molecular flexibility index (Phi) is 6.96. The average molecular weight is 390 g/mol. The normalized spacial score (nSPS) is 12.5. The van der Waals surface area contributed by atoms with Gasteiger partial charge in [0.25, 0.3) is 0 Å². The van der Waals surface area contributed by atoms with E-state index in [-0.39, 0.29) is 11.8 Å². The number of nitrogens with zero attached hydrogens (tertiary/aromatic N) is 1. The van der Waals surface area contributed by atoms with E-state index in [1.807, 2.05) is 49.6 Å². The lowest BCUT2D eigenvalue weighted by molar-refractivity contribution is -0.118. The predicted molar refractivity (Wildman–Crippen MR) is 109 cm³/mol. The highest BCUT2D eigenvalue weighted by atomic mass is 32.1. The predicted octanol–water partition coefficient (Wildman–Crippen LogP) is 4.69. The Labute approximate surface area is 164 Å². The molecule has 1 aromatic carbocycles. The minimum Gasteiger partial charge on any atom is -0.444 e. The maximum absolute atomic E-state index is 12.7.